The maximum Gasteiger partial charge on any atom is 0.129 e. The maximum absolute atomic E-state index is 10.7. The molecule has 0 heterocycles. The highest BCUT2D eigenvalue weighted by atomic mass is 16.1. The molecule has 84 valence electrons. The van der Waals surface area contributed by atoms with Gasteiger partial charge in [0, 0.05) is 6.42 Å². The number of carbonyl (C=O) groups excluding carboxylic acids is 1. The second-order valence-electron chi connectivity index (χ2n) is 5.42. The van der Waals surface area contributed by atoms with E-state index in [1.54, 1.807) is 6.92 Å². The quantitative estimate of drug-likeness (QED) is 0.655. The summed E-state index contributed by atoms with van der Waals surface area (Å²) in [6, 6.07) is 0. The van der Waals surface area contributed by atoms with Gasteiger partial charge in [-0.15, -0.1) is 0 Å². The van der Waals surface area contributed by atoms with Crippen LogP contribution < -0.4 is 0 Å². The Labute approximate surface area is 88.7 Å². The molecule has 0 aliphatic rings. The van der Waals surface area contributed by atoms with Crippen molar-refractivity contribution in [2.24, 2.45) is 5.41 Å². The van der Waals surface area contributed by atoms with Crippen molar-refractivity contribution in [1.29, 1.82) is 0 Å². The van der Waals surface area contributed by atoms with E-state index in [1.165, 1.54) is 6.42 Å². The molecule has 0 aromatic heterocycles. The molecule has 0 saturated heterocycles. The Morgan fingerprint density at radius 2 is 1.79 bits per heavy atom. The highest BCUT2D eigenvalue weighted by molar-refractivity contribution is 5.75. The van der Waals surface area contributed by atoms with E-state index in [0.29, 0.717) is 11.2 Å². The van der Waals surface area contributed by atoms with Gasteiger partial charge in [0.2, 0.25) is 0 Å². The third-order valence-corrected chi connectivity index (χ3v) is 2.31. The fraction of sp³-hybridized carbons (Fsp3) is 0.917. The normalized spacial score (nSPS) is 12.1. The van der Waals surface area contributed by atoms with Crippen molar-refractivity contribution in [2.45, 2.75) is 47.0 Å². The van der Waals surface area contributed by atoms with Crippen LogP contribution in [0.1, 0.15) is 47.0 Å². The van der Waals surface area contributed by atoms with Gasteiger partial charge < -0.3 is 9.69 Å². The average molecular weight is 199 g/mol. The minimum absolute atomic E-state index is 0.300. The Morgan fingerprint density at radius 1 is 1.21 bits per heavy atom. The highest BCUT2D eigenvalue weighted by Gasteiger charge is 2.10. The standard InChI is InChI=1S/C12H25NO/c1-11(14)7-6-9-13(5)10-8-12(2,3)4/h6-10H2,1-5H3. The number of Topliss-reactive ketones (excluding diaryl/α,β-unsaturated/α-hetero) is 1. The number of hydrogen-bond donors (Lipinski definition) is 0. The van der Waals surface area contributed by atoms with Crippen molar-refractivity contribution in [3.63, 3.8) is 0 Å². The van der Waals surface area contributed by atoms with Gasteiger partial charge in [0.25, 0.3) is 0 Å². The van der Waals surface area contributed by atoms with Crippen LogP contribution in [0.5, 0.6) is 0 Å². The molecule has 14 heavy (non-hydrogen) atoms. The second-order valence-corrected chi connectivity index (χ2v) is 5.42. The molecule has 0 saturated carbocycles. The minimum Gasteiger partial charge on any atom is -0.306 e. The van der Waals surface area contributed by atoms with Gasteiger partial charge in [0.05, 0.1) is 0 Å². The number of nitrogens with zero attached hydrogens (tertiary/aromatic N) is 1. The van der Waals surface area contributed by atoms with Crippen LogP contribution in [0.4, 0.5) is 0 Å². The minimum atomic E-state index is 0.300. The van der Waals surface area contributed by atoms with Crippen LogP contribution in [0.3, 0.4) is 0 Å². The van der Waals surface area contributed by atoms with Crippen LogP contribution in [0.25, 0.3) is 0 Å². The van der Waals surface area contributed by atoms with Gasteiger partial charge >= 0.3 is 0 Å². The summed E-state index contributed by atoms with van der Waals surface area (Å²) in [5.41, 5.74) is 0.412. The Morgan fingerprint density at radius 3 is 2.21 bits per heavy atom. The summed E-state index contributed by atoms with van der Waals surface area (Å²) < 4.78 is 0. The number of hydrogen-bond acceptors (Lipinski definition) is 2. The van der Waals surface area contributed by atoms with Crippen LogP contribution in [0.2, 0.25) is 0 Å². The molecular formula is C12H25NO. The molecule has 0 aromatic carbocycles. The van der Waals surface area contributed by atoms with E-state index in [-0.39, 0.29) is 0 Å². The zero-order valence-corrected chi connectivity index (χ0v) is 10.4. The van der Waals surface area contributed by atoms with Gasteiger partial charge in [-0.25, -0.2) is 0 Å². The molecule has 0 unspecified atom stereocenters. The molecule has 0 rings (SSSR count). The predicted molar refractivity (Wildman–Crippen MR) is 61.5 cm³/mol. The van der Waals surface area contributed by atoms with Crippen molar-refractivity contribution in [2.75, 3.05) is 20.1 Å². The number of rotatable bonds is 6. The van der Waals surface area contributed by atoms with E-state index in [4.69, 9.17) is 0 Å². The largest absolute Gasteiger partial charge is 0.306 e. The van der Waals surface area contributed by atoms with Crippen molar-refractivity contribution in [3.05, 3.63) is 0 Å². The zero-order chi connectivity index (χ0) is 11.2. The van der Waals surface area contributed by atoms with Gasteiger partial charge in [-0.05, 0) is 45.3 Å². The van der Waals surface area contributed by atoms with Gasteiger partial charge in [0.15, 0.2) is 0 Å². The summed E-state index contributed by atoms with van der Waals surface area (Å²) in [5.74, 6) is 0.300. The summed E-state index contributed by atoms with van der Waals surface area (Å²) in [5, 5.41) is 0. The smallest absolute Gasteiger partial charge is 0.129 e. The molecule has 0 amide bonds. The van der Waals surface area contributed by atoms with Gasteiger partial charge in [-0.1, -0.05) is 20.8 Å². The summed E-state index contributed by atoms with van der Waals surface area (Å²) >= 11 is 0. The number of ketones is 1. The lowest BCUT2D eigenvalue weighted by atomic mass is 9.92. The molecular weight excluding hydrogens is 174 g/mol. The first-order valence-corrected chi connectivity index (χ1v) is 5.49. The lowest BCUT2D eigenvalue weighted by Crippen LogP contribution is -2.24. The summed E-state index contributed by atoms with van der Waals surface area (Å²) in [4.78, 5) is 13.0. The van der Waals surface area contributed by atoms with Gasteiger partial charge in [-0.3, -0.25) is 0 Å². The van der Waals surface area contributed by atoms with Crippen LogP contribution in [0.15, 0.2) is 0 Å². The third kappa shape index (κ3) is 9.72. The Bertz CT molecular complexity index is 170. The van der Waals surface area contributed by atoms with Crippen molar-refractivity contribution in [3.8, 4) is 0 Å². The topological polar surface area (TPSA) is 20.3 Å². The first kappa shape index (κ1) is 13.6. The molecule has 2 heteroatoms. The predicted octanol–water partition coefficient (Wildman–Crippen LogP) is 2.72. The van der Waals surface area contributed by atoms with Crippen LogP contribution >= 0.6 is 0 Å². The Hall–Kier alpha value is -0.370. The van der Waals surface area contributed by atoms with E-state index in [9.17, 15) is 4.79 Å². The zero-order valence-electron chi connectivity index (χ0n) is 10.4. The van der Waals surface area contributed by atoms with E-state index >= 15 is 0 Å². The Kier molecular flexibility index (Phi) is 6.01. The van der Waals surface area contributed by atoms with Crippen molar-refractivity contribution in [1.82, 2.24) is 4.90 Å². The van der Waals surface area contributed by atoms with E-state index in [1.807, 2.05) is 0 Å². The van der Waals surface area contributed by atoms with Crippen LogP contribution in [-0.2, 0) is 4.79 Å². The molecule has 0 aliphatic carbocycles. The lowest BCUT2D eigenvalue weighted by molar-refractivity contribution is -0.117. The van der Waals surface area contributed by atoms with Crippen LogP contribution in [-0.4, -0.2) is 30.8 Å². The summed E-state index contributed by atoms with van der Waals surface area (Å²) in [6.07, 6.45) is 2.93. The molecule has 0 atom stereocenters. The highest BCUT2D eigenvalue weighted by Crippen LogP contribution is 2.18. The molecule has 0 radical (unpaired) electrons. The molecule has 0 bridgehead atoms. The van der Waals surface area contributed by atoms with Crippen molar-refractivity contribution < 1.29 is 4.79 Å². The fourth-order valence-corrected chi connectivity index (χ4v) is 1.24. The second kappa shape index (κ2) is 6.18. The fourth-order valence-electron chi connectivity index (χ4n) is 1.24. The summed E-state index contributed by atoms with van der Waals surface area (Å²) in [7, 11) is 2.13. The molecule has 0 aliphatic heterocycles. The molecule has 0 N–H and O–H groups in total. The molecule has 2 nitrogen and oxygen atoms in total. The average Bonchev–Trinajstić information content (AvgIpc) is 1.99. The molecule has 0 aromatic rings. The van der Waals surface area contributed by atoms with Gasteiger partial charge in [0.1, 0.15) is 5.78 Å². The first-order chi connectivity index (χ1) is 6.31. The Balaban J connectivity index is 3.46. The van der Waals surface area contributed by atoms with Crippen LogP contribution in [0, 0.1) is 5.41 Å². The van der Waals surface area contributed by atoms with Gasteiger partial charge in [-0.2, -0.15) is 0 Å². The van der Waals surface area contributed by atoms with E-state index in [2.05, 4.69) is 32.7 Å². The summed E-state index contributed by atoms with van der Waals surface area (Å²) in [6.45, 7) is 10.6. The SMILES string of the molecule is CC(=O)CCCN(C)CCC(C)(C)C. The monoisotopic (exact) mass is 199 g/mol. The number of carbonyl (C=O) groups is 1. The van der Waals surface area contributed by atoms with E-state index < -0.39 is 0 Å². The molecule has 0 fully saturated rings. The third-order valence-electron chi connectivity index (χ3n) is 2.31. The lowest BCUT2D eigenvalue weighted by Gasteiger charge is -2.23. The van der Waals surface area contributed by atoms with Crippen molar-refractivity contribution >= 4 is 5.78 Å². The molecule has 0 spiro atoms. The van der Waals surface area contributed by atoms with E-state index in [0.717, 1.165) is 25.9 Å². The first-order valence-electron chi connectivity index (χ1n) is 5.49. The maximum atomic E-state index is 10.7.